The molecule has 8 heteroatoms. The number of carbonyl (C=O) groups excluding carboxylic acids is 1. The molecule has 1 aromatic carbocycles. The van der Waals surface area contributed by atoms with Crippen LogP contribution in [0.5, 0.6) is 5.75 Å². The van der Waals surface area contributed by atoms with E-state index in [1.54, 1.807) is 31.5 Å². The van der Waals surface area contributed by atoms with Gasteiger partial charge in [-0.05, 0) is 78.9 Å². The van der Waals surface area contributed by atoms with Gasteiger partial charge in [0.15, 0.2) is 5.82 Å². The molecule has 0 saturated carbocycles. The molecule has 8 nitrogen and oxygen atoms in total. The first-order chi connectivity index (χ1) is 18.1. The second-order valence-electron chi connectivity index (χ2n) is 8.92. The average molecular weight is 495 g/mol. The minimum Gasteiger partial charge on any atom is -0.497 e. The van der Waals surface area contributed by atoms with Crippen molar-refractivity contribution in [2.75, 3.05) is 35.8 Å². The van der Waals surface area contributed by atoms with Crippen LogP contribution in [0.15, 0.2) is 73.2 Å². The van der Waals surface area contributed by atoms with Crippen molar-refractivity contribution in [2.24, 2.45) is 0 Å². The highest BCUT2D eigenvalue weighted by Gasteiger charge is 2.31. The van der Waals surface area contributed by atoms with Gasteiger partial charge in [0.05, 0.1) is 18.4 Å². The van der Waals surface area contributed by atoms with Gasteiger partial charge in [0.2, 0.25) is 0 Å². The zero-order chi connectivity index (χ0) is 25.8. The number of hydrogen-bond acceptors (Lipinski definition) is 7. The van der Waals surface area contributed by atoms with Gasteiger partial charge >= 0.3 is 0 Å². The highest BCUT2D eigenvalue weighted by atomic mass is 16.5. The molecule has 0 atom stereocenters. The molecule has 1 N–H and O–H groups in total. The van der Waals surface area contributed by atoms with E-state index >= 15 is 0 Å². The molecule has 188 valence electrons. The number of hydrogen-bond donors (Lipinski definition) is 1. The third kappa shape index (κ3) is 5.09. The number of ether oxygens (including phenoxy) is 1. The van der Waals surface area contributed by atoms with E-state index in [2.05, 4.69) is 10.3 Å². The van der Waals surface area contributed by atoms with Crippen LogP contribution in [0, 0.1) is 0 Å². The molecule has 0 bridgehead atoms. The summed E-state index contributed by atoms with van der Waals surface area (Å²) < 4.78 is 5.24. The van der Waals surface area contributed by atoms with Gasteiger partial charge in [-0.2, -0.15) is 0 Å². The summed E-state index contributed by atoms with van der Waals surface area (Å²) in [6.07, 6.45) is 7.11. The van der Waals surface area contributed by atoms with E-state index in [9.17, 15) is 4.79 Å². The van der Waals surface area contributed by atoms with Gasteiger partial charge in [-0.15, -0.1) is 0 Å². The van der Waals surface area contributed by atoms with Crippen molar-refractivity contribution < 1.29 is 9.53 Å². The van der Waals surface area contributed by atoms with E-state index in [0.29, 0.717) is 30.3 Å². The Morgan fingerprint density at radius 2 is 1.68 bits per heavy atom. The van der Waals surface area contributed by atoms with E-state index in [1.807, 2.05) is 72.6 Å². The minimum absolute atomic E-state index is 0.0915. The van der Waals surface area contributed by atoms with Gasteiger partial charge in [-0.3, -0.25) is 9.78 Å². The van der Waals surface area contributed by atoms with Crippen molar-refractivity contribution in [2.45, 2.75) is 26.3 Å². The molecule has 0 saturated heterocycles. The summed E-state index contributed by atoms with van der Waals surface area (Å²) in [7, 11) is 3.45. The number of methoxy groups -OCH3 is 1. The Morgan fingerprint density at radius 1 is 0.919 bits per heavy atom. The molecule has 1 aliphatic heterocycles. The Morgan fingerprint density at radius 3 is 2.41 bits per heavy atom. The van der Waals surface area contributed by atoms with Crippen LogP contribution in [0.4, 0.5) is 23.1 Å². The Kier molecular flexibility index (Phi) is 6.98. The van der Waals surface area contributed by atoms with Crippen LogP contribution >= 0.6 is 0 Å². The second kappa shape index (κ2) is 10.7. The fraction of sp³-hybridized carbons (Fsp3) is 0.241. The van der Waals surface area contributed by atoms with Crippen LogP contribution in [-0.2, 0) is 19.4 Å². The summed E-state index contributed by atoms with van der Waals surface area (Å²) in [6, 6.07) is 17.8. The Labute approximate surface area is 217 Å². The number of nitrogens with one attached hydrogen (secondary N) is 1. The number of carbonyl (C=O) groups is 1. The maximum Gasteiger partial charge on any atom is 0.261 e. The molecular weight excluding hydrogens is 464 g/mol. The number of benzene rings is 1. The van der Waals surface area contributed by atoms with E-state index in [-0.39, 0.29) is 5.91 Å². The van der Waals surface area contributed by atoms with Gasteiger partial charge < -0.3 is 19.9 Å². The predicted octanol–water partition coefficient (Wildman–Crippen LogP) is 5.03. The van der Waals surface area contributed by atoms with Crippen LogP contribution in [0.3, 0.4) is 0 Å². The monoisotopic (exact) mass is 494 g/mol. The lowest BCUT2D eigenvalue weighted by molar-refractivity contribution is 0.0994. The maximum atomic E-state index is 13.5. The fourth-order valence-corrected chi connectivity index (χ4v) is 4.47. The van der Waals surface area contributed by atoms with Gasteiger partial charge in [-0.25, -0.2) is 9.97 Å². The molecule has 5 rings (SSSR count). The van der Waals surface area contributed by atoms with Crippen molar-refractivity contribution in [1.82, 2.24) is 15.0 Å². The van der Waals surface area contributed by atoms with E-state index in [4.69, 9.17) is 14.7 Å². The first-order valence-corrected chi connectivity index (χ1v) is 12.4. The van der Waals surface area contributed by atoms with E-state index in [0.717, 1.165) is 41.2 Å². The predicted molar refractivity (Wildman–Crippen MR) is 146 cm³/mol. The van der Waals surface area contributed by atoms with Crippen molar-refractivity contribution >= 4 is 29.0 Å². The quantitative estimate of drug-likeness (QED) is 0.368. The molecular formula is C29H30N6O2. The van der Waals surface area contributed by atoms with Gasteiger partial charge in [-0.1, -0.05) is 12.1 Å². The number of nitrogens with zero attached hydrogens (tertiary/aromatic N) is 5. The highest BCUT2D eigenvalue weighted by molar-refractivity contribution is 6.12. The lowest BCUT2D eigenvalue weighted by Crippen LogP contribution is -2.25. The van der Waals surface area contributed by atoms with E-state index < -0.39 is 0 Å². The molecule has 4 aromatic rings. The Bertz CT molecular complexity index is 1390. The van der Waals surface area contributed by atoms with Crippen LogP contribution in [0.2, 0.25) is 0 Å². The molecule has 1 amide bonds. The summed E-state index contributed by atoms with van der Waals surface area (Å²) in [6.45, 7) is 3.29. The second-order valence-corrected chi connectivity index (χ2v) is 8.92. The van der Waals surface area contributed by atoms with Crippen molar-refractivity contribution in [3.05, 3.63) is 95.4 Å². The Balaban J connectivity index is 1.41. The first kappa shape index (κ1) is 24.2. The number of amides is 1. The summed E-state index contributed by atoms with van der Waals surface area (Å²) in [5, 5.41) is 3.40. The topological polar surface area (TPSA) is 83.5 Å². The minimum atomic E-state index is -0.0915. The number of aryl methyl sites for hydroxylation is 2. The number of anilines is 4. The van der Waals surface area contributed by atoms with Crippen molar-refractivity contribution in [3.63, 3.8) is 0 Å². The van der Waals surface area contributed by atoms with Crippen molar-refractivity contribution in [1.29, 1.82) is 0 Å². The van der Waals surface area contributed by atoms with Crippen LogP contribution < -0.4 is 19.9 Å². The summed E-state index contributed by atoms with van der Waals surface area (Å²) >= 11 is 0. The molecule has 37 heavy (non-hydrogen) atoms. The number of rotatable bonds is 8. The normalized spacial score (nSPS) is 12.6. The van der Waals surface area contributed by atoms with Gasteiger partial charge in [0, 0.05) is 38.7 Å². The number of pyridine rings is 3. The first-order valence-electron chi connectivity index (χ1n) is 12.4. The largest absolute Gasteiger partial charge is 0.497 e. The zero-order valence-corrected chi connectivity index (χ0v) is 21.3. The standard InChI is InChI=1S/C29H30N6O2/c1-4-35-27-24(17-22(19-32-27)6-5-20-13-15-30-16-14-20)29(36)34(2)25-11-12-26(33-28(25)35)31-18-21-7-9-23(37-3)10-8-21/h7-17,19H,4-6,18H2,1-3H3,(H,31,33). The van der Waals surface area contributed by atoms with Crippen LogP contribution in [-0.4, -0.2) is 41.6 Å². The molecule has 0 fully saturated rings. The third-order valence-corrected chi connectivity index (χ3v) is 6.59. The zero-order valence-electron chi connectivity index (χ0n) is 21.3. The third-order valence-electron chi connectivity index (χ3n) is 6.59. The Hall–Kier alpha value is -4.46. The van der Waals surface area contributed by atoms with Crippen LogP contribution in [0.25, 0.3) is 0 Å². The molecule has 0 aliphatic carbocycles. The van der Waals surface area contributed by atoms with Crippen molar-refractivity contribution in [3.8, 4) is 5.75 Å². The van der Waals surface area contributed by atoms with E-state index in [1.165, 1.54) is 5.56 Å². The maximum absolute atomic E-state index is 13.5. The SMILES string of the molecule is CCN1c2ncc(CCc3ccncc3)cc2C(=O)N(C)c2ccc(NCc3ccc(OC)cc3)nc21. The average Bonchev–Trinajstić information content (AvgIpc) is 3.03. The smallest absolute Gasteiger partial charge is 0.261 e. The molecule has 4 heterocycles. The highest BCUT2D eigenvalue weighted by Crippen LogP contribution is 2.38. The summed E-state index contributed by atoms with van der Waals surface area (Å²) in [5.41, 5.74) is 4.67. The molecule has 0 radical (unpaired) electrons. The van der Waals surface area contributed by atoms with Crippen LogP contribution in [0.1, 0.15) is 34.0 Å². The number of fused-ring (bicyclic) bond motifs is 2. The molecule has 3 aromatic heterocycles. The summed E-state index contributed by atoms with van der Waals surface area (Å²) in [5.74, 6) is 2.79. The fourth-order valence-electron chi connectivity index (χ4n) is 4.47. The molecule has 0 spiro atoms. The summed E-state index contributed by atoms with van der Waals surface area (Å²) in [4.78, 5) is 31.0. The lowest BCUT2D eigenvalue weighted by atomic mass is 10.0. The molecule has 1 aliphatic rings. The van der Waals surface area contributed by atoms with Gasteiger partial charge in [0.25, 0.3) is 5.91 Å². The number of aromatic nitrogens is 3. The molecule has 0 unspecified atom stereocenters. The lowest BCUT2D eigenvalue weighted by Gasteiger charge is -2.24. The van der Waals surface area contributed by atoms with Gasteiger partial charge in [0.1, 0.15) is 17.4 Å².